The molecule has 3 aromatic heterocycles. The summed E-state index contributed by atoms with van der Waals surface area (Å²) in [6.07, 6.45) is -1.71. The van der Waals surface area contributed by atoms with Crippen molar-refractivity contribution in [3.8, 4) is 11.3 Å². The number of rotatable bonds is 4. The normalized spacial score (nSPS) is 23.1. The zero-order valence-electron chi connectivity index (χ0n) is 20.0. The van der Waals surface area contributed by atoms with E-state index in [-0.39, 0.29) is 34.7 Å². The first-order valence-electron chi connectivity index (χ1n) is 12.2. The molecule has 2 saturated heterocycles. The van der Waals surface area contributed by atoms with Crippen molar-refractivity contribution in [1.82, 2.24) is 24.8 Å². The van der Waals surface area contributed by atoms with Gasteiger partial charge in [0.2, 0.25) is 5.95 Å². The van der Waals surface area contributed by atoms with Gasteiger partial charge < -0.3 is 29.9 Å². The number of halogens is 3. The van der Waals surface area contributed by atoms with Crippen molar-refractivity contribution in [3.05, 3.63) is 30.1 Å². The van der Waals surface area contributed by atoms with Crippen LogP contribution in [0.15, 0.2) is 24.5 Å². The first-order valence-corrected chi connectivity index (χ1v) is 12.2. The Hall–Kier alpha value is -3.61. The van der Waals surface area contributed by atoms with E-state index in [1.165, 1.54) is 11.1 Å². The Morgan fingerprint density at radius 3 is 2.78 bits per heavy atom. The highest BCUT2D eigenvalue weighted by molar-refractivity contribution is 5.94. The van der Waals surface area contributed by atoms with Crippen molar-refractivity contribution in [2.24, 2.45) is 5.41 Å². The summed E-state index contributed by atoms with van der Waals surface area (Å²) in [4.78, 5) is 30.6. The van der Waals surface area contributed by atoms with Crippen LogP contribution in [0.25, 0.3) is 22.3 Å². The summed E-state index contributed by atoms with van der Waals surface area (Å²) in [5, 5.41) is 12.8. The number of hydrogen-bond donors (Lipinski definition) is 3. The molecule has 0 radical (unpaired) electrons. The van der Waals surface area contributed by atoms with Crippen LogP contribution in [-0.4, -0.2) is 81.0 Å². The van der Waals surface area contributed by atoms with E-state index < -0.39 is 17.8 Å². The highest BCUT2D eigenvalue weighted by atomic mass is 19.4. The number of amides is 1. The molecule has 5 heterocycles. The van der Waals surface area contributed by atoms with Gasteiger partial charge in [0, 0.05) is 54.4 Å². The summed E-state index contributed by atoms with van der Waals surface area (Å²) in [7, 11) is 0. The molecular formula is C24H26F3N7O3. The average Bonchev–Trinajstić information content (AvgIpc) is 3.23. The molecule has 2 aliphatic heterocycles. The number of ether oxygens (including phenoxy) is 1. The second kappa shape index (κ2) is 8.47. The van der Waals surface area contributed by atoms with Crippen LogP contribution in [0.3, 0.4) is 0 Å². The molecule has 10 nitrogen and oxygen atoms in total. The summed E-state index contributed by atoms with van der Waals surface area (Å²) in [5.41, 5.74) is -0.643. The zero-order chi connectivity index (χ0) is 25.9. The molecule has 196 valence electrons. The first kappa shape index (κ1) is 23.8. The van der Waals surface area contributed by atoms with E-state index in [2.05, 4.69) is 30.2 Å². The third-order valence-electron chi connectivity index (χ3n) is 7.79. The minimum atomic E-state index is -4.65. The molecule has 13 heteroatoms. The summed E-state index contributed by atoms with van der Waals surface area (Å²) >= 11 is 0. The summed E-state index contributed by atoms with van der Waals surface area (Å²) < 4.78 is 47.4. The Labute approximate surface area is 209 Å². The molecule has 0 bridgehead atoms. The van der Waals surface area contributed by atoms with E-state index in [9.17, 15) is 18.0 Å². The highest BCUT2D eigenvalue weighted by Gasteiger charge is 2.56. The number of H-pyrrole nitrogens is 1. The number of morpholine rings is 1. The average molecular weight is 518 g/mol. The fourth-order valence-electron chi connectivity index (χ4n) is 5.59. The van der Waals surface area contributed by atoms with Gasteiger partial charge in [-0.05, 0) is 31.9 Å². The molecule has 1 saturated carbocycles. The smallest absolute Gasteiger partial charge is 0.419 e. The number of fused-ring (bicyclic) bond motifs is 1. The van der Waals surface area contributed by atoms with E-state index in [1.54, 1.807) is 12.1 Å². The SMILES string of the molecule is C[C@H]1COCCN1c1ccc2c(-c3nc(N[C@@H]4CCC45CN(C(=O)O)C5)ncc3C(F)(F)F)c[nH]c2n1. The number of carboxylic acid groups (broad SMARTS) is 1. The Kier molecular flexibility index (Phi) is 5.44. The largest absolute Gasteiger partial charge is 0.465 e. The number of likely N-dealkylation sites (tertiary alicyclic amines) is 1. The number of nitrogens with zero attached hydrogens (tertiary/aromatic N) is 5. The molecule has 0 unspecified atom stereocenters. The fourth-order valence-corrected chi connectivity index (χ4v) is 5.59. The molecule has 3 fully saturated rings. The van der Waals surface area contributed by atoms with Crippen LogP contribution in [0.2, 0.25) is 0 Å². The van der Waals surface area contributed by atoms with Crippen molar-refractivity contribution in [3.63, 3.8) is 0 Å². The van der Waals surface area contributed by atoms with Gasteiger partial charge in [0.15, 0.2) is 0 Å². The number of aromatic amines is 1. The number of pyridine rings is 1. The lowest BCUT2D eigenvalue weighted by atomic mass is 9.59. The molecule has 3 aromatic rings. The molecule has 37 heavy (non-hydrogen) atoms. The quantitative estimate of drug-likeness (QED) is 0.478. The van der Waals surface area contributed by atoms with Crippen LogP contribution < -0.4 is 10.2 Å². The van der Waals surface area contributed by atoms with E-state index in [1.807, 2.05) is 6.92 Å². The van der Waals surface area contributed by atoms with Gasteiger partial charge in [-0.15, -0.1) is 0 Å². The van der Waals surface area contributed by atoms with Gasteiger partial charge in [0.25, 0.3) is 0 Å². The van der Waals surface area contributed by atoms with Gasteiger partial charge in [-0.25, -0.2) is 19.7 Å². The lowest BCUT2D eigenvalue weighted by Gasteiger charge is -2.59. The molecule has 3 N–H and O–H groups in total. The third kappa shape index (κ3) is 4.01. The van der Waals surface area contributed by atoms with E-state index in [0.717, 1.165) is 24.9 Å². The van der Waals surface area contributed by atoms with Crippen LogP contribution in [0, 0.1) is 5.41 Å². The predicted molar refractivity (Wildman–Crippen MR) is 128 cm³/mol. The summed E-state index contributed by atoms with van der Waals surface area (Å²) in [6, 6.07) is 3.60. The topological polar surface area (TPSA) is 120 Å². The van der Waals surface area contributed by atoms with Gasteiger partial charge in [-0.3, -0.25) is 0 Å². The molecule has 1 amide bonds. The lowest BCUT2D eigenvalue weighted by Crippen LogP contribution is -2.69. The van der Waals surface area contributed by atoms with Crippen LogP contribution in [0.5, 0.6) is 0 Å². The second-order valence-electron chi connectivity index (χ2n) is 10.1. The van der Waals surface area contributed by atoms with E-state index >= 15 is 0 Å². The van der Waals surface area contributed by atoms with Crippen molar-refractivity contribution in [2.75, 3.05) is 43.1 Å². The maximum atomic E-state index is 14.0. The number of anilines is 2. The number of alkyl halides is 3. The maximum absolute atomic E-state index is 14.0. The summed E-state index contributed by atoms with van der Waals surface area (Å²) in [6.45, 7) is 4.67. The highest BCUT2D eigenvalue weighted by Crippen LogP contribution is 2.49. The Bertz CT molecular complexity index is 1360. The molecule has 2 atom stereocenters. The predicted octanol–water partition coefficient (Wildman–Crippen LogP) is 3.82. The molecule has 1 spiro atoms. The first-order chi connectivity index (χ1) is 17.6. The Balaban J connectivity index is 1.32. The number of carbonyl (C=O) groups is 1. The standard InChI is InChI=1S/C24H26F3N7O3/c1-13-10-37-7-6-34(13)18-3-2-14-15(8-28-20(14)31-18)19-16(24(25,26)27)9-29-21(32-19)30-17-4-5-23(17)11-33(12-23)22(35)36/h2-3,8-9,13,17H,4-7,10-12H2,1H3,(H,28,31)(H,35,36)(H,29,30,32)/t13-,17+/m0/s1. The Morgan fingerprint density at radius 2 is 2.11 bits per heavy atom. The van der Waals surface area contributed by atoms with Crippen LogP contribution in [0.4, 0.5) is 29.7 Å². The van der Waals surface area contributed by atoms with Gasteiger partial charge >= 0.3 is 12.3 Å². The molecule has 1 aliphatic carbocycles. The molecule has 0 aromatic carbocycles. The molecule has 3 aliphatic rings. The molecular weight excluding hydrogens is 491 g/mol. The summed E-state index contributed by atoms with van der Waals surface area (Å²) in [5.74, 6) is 0.811. The van der Waals surface area contributed by atoms with Crippen LogP contribution in [-0.2, 0) is 10.9 Å². The zero-order valence-corrected chi connectivity index (χ0v) is 20.0. The van der Waals surface area contributed by atoms with Gasteiger partial charge in [0.1, 0.15) is 17.0 Å². The second-order valence-corrected chi connectivity index (χ2v) is 10.1. The monoisotopic (exact) mass is 517 g/mol. The van der Waals surface area contributed by atoms with Crippen LogP contribution >= 0.6 is 0 Å². The van der Waals surface area contributed by atoms with Crippen LogP contribution in [0.1, 0.15) is 25.3 Å². The minimum Gasteiger partial charge on any atom is -0.465 e. The van der Waals surface area contributed by atoms with Gasteiger partial charge in [0.05, 0.1) is 24.9 Å². The third-order valence-corrected chi connectivity index (χ3v) is 7.79. The Morgan fingerprint density at radius 1 is 1.30 bits per heavy atom. The maximum Gasteiger partial charge on any atom is 0.419 e. The number of aromatic nitrogens is 4. The molecule has 6 rings (SSSR count). The van der Waals surface area contributed by atoms with Crippen molar-refractivity contribution < 1.29 is 27.8 Å². The van der Waals surface area contributed by atoms with E-state index in [4.69, 9.17) is 9.84 Å². The van der Waals surface area contributed by atoms with Gasteiger partial charge in [-0.2, -0.15) is 13.2 Å². The fraction of sp³-hybridized carbons (Fsp3) is 0.500. The number of hydrogen-bond acceptors (Lipinski definition) is 7. The van der Waals surface area contributed by atoms with Crippen molar-refractivity contribution >= 4 is 28.9 Å². The number of nitrogens with one attached hydrogen (secondary N) is 2. The minimum absolute atomic E-state index is 0.0851. The van der Waals surface area contributed by atoms with E-state index in [0.29, 0.717) is 43.9 Å². The van der Waals surface area contributed by atoms with Gasteiger partial charge in [-0.1, -0.05) is 0 Å². The van der Waals surface area contributed by atoms with Crippen molar-refractivity contribution in [2.45, 2.75) is 38.0 Å². The lowest BCUT2D eigenvalue weighted by molar-refractivity contribution is -0.137. The van der Waals surface area contributed by atoms with Crippen molar-refractivity contribution in [1.29, 1.82) is 0 Å².